The Labute approximate surface area is 342 Å². The number of aromatic nitrogens is 2. The largest absolute Gasteiger partial charge is 0.653 e. The van der Waals surface area contributed by atoms with Gasteiger partial charge in [0.15, 0.2) is 24.2 Å². The highest BCUT2D eigenvalue weighted by molar-refractivity contribution is 7.36. The number of carbonyl (C=O) groups is 1. The van der Waals surface area contributed by atoms with E-state index in [9.17, 15) is 19.7 Å². The molecule has 2 heterocycles. The zero-order chi connectivity index (χ0) is 42.5. The Bertz CT molecular complexity index is 2360. The van der Waals surface area contributed by atoms with Crippen LogP contribution in [0, 0.1) is 0 Å². The van der Waals surface area contributed by atoms with Crippen molar-refractivity contribution in [1.82, 2.24) is 14.4 Å². The summed E-state index contributed by atoms with van der Waals surface area (Å²) in [4.78, 5) is 40.4. The maximum Gasteiger partial charge on any atom is 0.653 e. The number of nitrogens with zero attached hydrogens (tertiary/aromatic N) is 6. The summed E-state index contributed by atoms with van der Waals surface area (Å²) in [5, 5.41) is 6.11. The Morgan fingerprint density at radius 1 is 1.02 bits per heavy atom. The summed E-state index contributed by atoms with van der Waals surface area (Å²) in [5.74, 6) is -0.645. The summed E-state index contributed by atoms with van der Waals surface area (Å²) >= 11 is 0. The van der Waals surface area contributed by atoms with E-state index in [0.717, 1.165) is 25.2 Å². The average Bonchev–Trinajstić information content (AvgIpc) is 3.47. The molecule has 0 saturated carbocycles. The molecule has 18 heteroatoms. The summed E-state index contributed by atoms with van der Waals surface area (Å²) in [6.07, 6.45) is -4.86. The molecule has 6 atom stereocenters. The zero-order valence-corrected chi connectivity index (χ0v) is 35.3. The third kappa shape index (κ3) is 8.77. The van der Waals surface area contributed by atoms with Crippen LogP contribution in [0.1, 0.15) is 47.8 Å². The topological polar surface area (TPSA) is 193 Å². The number of hydroxylamine groups is 1. The van der Waals surface area contributed by atoms with Gasteiger partial charge in [0.1, 0.15) is 23.4 Å². The molecule has 0 amide bonds. The van der Waals surface area contributed by atoms with Crippen molar-refractivity contribution in [3.8, 4) is 5.75 Å². The van der Waals surface area contributed by atoms with Gasteiger partial charge in [0.05, 0.1) is 6.10 Å². The summed E-state index contributed by atoms with van der Waals surface area (Å²) in [6.45, 7) is 9.69. The summed E-state index contributed by atoms with van der Waals surface area (Å²) < 4.78 is 57.9. The number of fused-ring (bicyclic) bond motifs is 1. The highest BCUT2D eigenvalue weighted by Gasteiger charge is 2.63. The number of carbonyl (C=O) groups excluding carboxylic acids is 1. The number of hydrogen-bond acceptors (Lipinski definition) is 11. The van der Waals surface area contributed by atoms with E-state index in [0.29, 0.717) is 5.39 Å². The lowest BCUT2D eigenvalue weighted by atomic mass is 10.1. The molecular formula is C41H46FN7O8PSi+. The van der Waals surface area contributed by atoms with Crippen LogP contribution in [0.25, 0.3) is 21.2 Å². The minimum atomic E-state index is -3.61. The summed E-state index contributed by atoms with van der Waals surface area (Å²) in [5.41, 5.74) is 12.3. The van der Waals surface area contributed by atoms with Gasteiger partial charge in [-0.3, -0.25) is 9.36 Å². The molecule has 5 aromatic rings. The second-order valence-corrected chi connectivity index (χ2v) is 20.7. The number of ether oxygens (including phenoxy) is 2. The fraction of sp³-hybridized carbons (Fsp3) is 0.341. The molecule has 0 aliphatic carbocycles. The number of azide groups is 1. The lowest BCUT2D eigenvalue weighted by molar-refractivity contribution is -0.159. The molecule has 308 valence electrons. The number of hydrogen-bond donors (Lipinski definition) is 1. The van der Waals surface area contributed by atoms with E-state index in [1.54, 1.807) is 38.1 Å². The van der Waals surface area contributed by atoms with E-state index in [1.807, 2.05) is 99.6 Å². The van der Waals surface area contributed by atoms with Crippen LogP contribution < -0.4 is 26.6 Å². The third-order valence-electron chi connectivity index (χ3n) is 9.90. The van der Waals surface area contributed by atoms with E-state index < -0.39 is 76.2 Å². The predicted molar refractivity (Wildman–Crippen MR) is 223 cm³/mol. The summed E-state index contributed by atoms with van der Waals surface area (Å²) in [7, 11) is -6.82. The van der Waals surface area contributed by atoms with Crippen LogP contribution in [-0.2, 0) is 27.8 Å². The maximum absolute atomic E-state index is 17.8. The predicted octanol–water partition coefficient (Wildman–Crippen LogP) is 7.11. The fourth-order valence-electron chi connectivity index (χ4n) is 7.14. The Morgan fingerprint density at radius 3 is 2.22 bits per heavy atom. The lowest BCUT2D eigenvalue weighted by Gasteiger charge is -2.45. The van der Waals surface area contributed by atoms with Gasteiger partial charge in [-0.15, -0.1) is 4.52 Å². The van der Waals surface area contributed by atoms with Gasteiger partial charge in [0, 0.05) is 16.5 Å². The van der Waals surface area contributed by atoms with Crippen LogP contribution >= 0.6 is 8.18 Å². The molecule has 2 unspecified atom stereocenters. The Balaban J connectivity index is 1.43. The molecule has 59 heavy (non-hydrogen) atoms. The molecule has 0 spiro atoms. The normalized spacial score (nSPS) is 20.3. The minimum Gasteiger partial charge on any atom is -0.462 e. The van der Waals surface area contributed by atoms with E-state index in [-0.39, 0.29) is 11.6 Å². The number of halogens is 1. The molecule has 1 aliphatic rings. The fourth-order valence-corrected chi connectivity index (χ4v) is 12.7. The Hall–Kier alpha value is -5.51. The highest BCUT2D eigenvalue weighted by atomic mass is 31.1. The summed E-state index contributed by atoms with van der Waals surface area (Å²) in [6, 6.07) is 31.2. The molecule has 1 fully saturated rings. The van der Waals surface area contributed by atoms with Crippen LogP contribution in [-0.4, -0.2) is 65.4 Å². The van der Waals surface area contributed by atoms with E-state index in [2.05, 4.69) is 15.0 Å². The number of alkyl halides is 1. The zero-order valence-electron chi connectivity index (χ0n) is 33.4. The maximum atomic E-state index is 17.8. The first-order valence-corrected chi connectivity index (χ1v) is 21.9. The highest BCUT2D eigenvalue weighted by Crippen LogP contribution is 2.48. The smallest absolute Gasteiger partial charge is 0.462 e. The van der Waals surface area contributed by atoms with Gasteiger partial charge in [-0.2, -0.15) is 4.98 Å². The third-order valence-corrected chi connectivity index (χ3v) is 16.0. The number of nitrogens with two attached hydrogens (primary N) is 1. The van der Waals surface area contributed by atoms with Crippen molar-refractivity contribution < 1.29 is 37.0 Å². The van der Waals surface area contributed by atoms with Crippen molar-refractivity contribution >= 4 is 49.4 Å². The molecule has 6 rings (SSSR count). The Kier molecular flexibility index (Phi) is 13.0. The molecule has 0 bridgehead atoms. The van der Waals surface area contributed by atoms with Gasteiger partial charge in [-0.05, 0) is 63.8 Å². The number of benzene rings is 4. The first-order chi connectivity index (χ1) is 28.1. The van der Waals surface area contributed by atoms with Crippen LogP contribution in [0.15, 0.2) is 125 Å². The van der Waals surface area contributed by atoms with Crippen LogP contribution in [0.4, 0.5) is 10.2 Å². The van der Waals surface area contributed by atoms with Crippen LogP contribution in [0.5, 0.6) is 5.75 Å². The van der Waals surface area contributed by atoms with Gasteiger partial charge in [-0.1, -0.05) is 123 Å². The van der Waals surface area contributed by atoms with Crippen molar-refractivity contribution in [3.63, 3.8) is 0 Å². The molecule has 4 aromatic carbocycles. The molecule has 15 nitrogen and oxygen atoms in total. The van der Waals surface area contributed by atoms with Crippen molar-refractivity contribution in [2.75, 3.05) is 12.3 Å². The van der Waals surface area contributed by atoms with Crippen molar-refractivity contribution in [2.45, 2.75) is 83.0 Å². The number of rotatable bonds is 15. The molecule has 1 saturated heterocycles. The SMILES string of the molecule is CC(C)OC(=O)C(C)N(Oc1cccc2ccccc12)[P+](=O)OC[C@@]1(N=[N+]=[N-])O[C@@H](n2ccc(N)nc2=O)[C@H](O[Si](c2ccccc2)(c2ccccc2)C(C)(C)C)[C@@H]1F. The van der Waals surface area contributed by atoms with Gasteiger partial charge >= 0.3 is 19.8 Å². The molecule has 1 aliphatic heterocycles. The first kappa shape index (κ1) is 43.1. The Morgan fingerprint density at radius 2 is 1.63 bits per heavy atom. The van der Waals surface area contributed by atoms with Gasteiger partial charge in [0.25, 0.3) is 8.32 Å². The van der Waals surface area contributed by atoms with Crippen molar-refractivity contribution in [1.29, 1.82) is 0 Å². The quantitative estimate of drug-likeness (QED) is 0.0215. The molecule has 0 radical (unpaired) electrons. The van der Waals surface area contributed by atoms with E-state index in [1.165, 1.54) is 19.2 Å². The minimum absolute atomic E-state index is 0.0939. The second kappa shape index (κ2) is 17.8. The average molecular weight is 843 g/mol. The molecule has 1 aromatic heterocycles. The number of anilines is 1. The second-order valence-electron chi connectivity index (χ2n) is 15.3. The molecular weight excluding hydrogens is 797 g/mol. The van der Waals surface area contributed by atoms with Crippen molar-refractivity contribution in [2.24, 2.45) is 5.11 Å². The van der Waals surface area contributed by atoms with Gasteiger partial charge in [-0.25, -0.2) is 9.18 Å². The van der Waals surface area contributed by atoms with Gasteiger partial charge in [0.2, 0.25) is 5.72 Å². The monoisotopic (exact) mass is 842 g/mol. The van der Waals surface area contributed by atoms with E-state index in [4.69, 9.17) is 29.0 Å². The standard InChI is InChI=1S/C41H45FN7O8PSi/c1-27(2)54-38(50)28(3)49(56-33-23-15-17-29-16-13-14-22-32(29)33)58(52)53-26-41(46-47-44)36(42)35(37(55-41)48-25-24-34(43)45-39(48)51)57-59(40(4,5)6,30-18-9-7-10-19-30)31-20-11-8-12-21-31/h7-25,27-28,35-37H,26H2,1-6H3,(H-,43,45,51)/p+1/t28?,35-,36+,37-,41-/m1/s1. The lowest BCUT2D eigenvalue weighted by Crippen LogP contribution is -2.68. The van der Waals surface area contributed by atoms with Crippen LogP contribution in [0.2, 0.25) is 5.04 Å². The number of nitrogen functional groups attached to an aromatic ring is 1. The van der Waals surface area contributed by atoms with Crippen LogP contribution in [0.3, 0.4) is 0 Å². The molecule has 2 N–H and O–H groups in total. The van der Waals surface area contributed by atoms with Gasteiger partial charge < -0.3 is 24.5 Å². The first-order valence-electron chi connectivity index (χ1n) is 18.9. The van der Waals surface area contributed by atoms with Crippen molar-refractivity contribution in [3.05, 3.63) is 136 Å². The van der Waals surface area contributed by atoms with E-state index >= 15 is 4.39 Å². The number of esters is 1.